The van der Waals surface area contributed by atoms with Crippen LogP contribution < -0.4 is 82.7 Å². The third-order valence-electron chi connectivity index (χ3n) is 13.5. The van der Waals surface area contributed by atoms with Crippen molar-refractivity contribution in [3.05, 3.63) is 71.8 Å². The molecule has 0 aliphatic carbocycles. The molecule has 480 valence electrons. The van der Waals surface area contributed by atoms with Gasteiger partial charge in [0.2, 0.25) is 53.2 Å². The molecule has 31 nitrogen and oxygen atoms in total. The van der Waals surface area contributed by atoms with E-state index >= 15 is 0 Å². The Morgan fingerprint density at radius 3 is 1.52 bits per heavy atom. The molecule has 1 heterocycles. The fraction of sp³-hybridized carbons (Fsp3) is 0.545. The second-order valence-electron chi connectivity index (χ2n) is 21.1. The van der Waals surface area contributed by atoms with Crippen molar-refractivity contribution >= 4 is 89.6 Å². The van der Waals surface area contributed by atoms with Crippen molar-refractivity contribution in [3.8, 4) is 0 Å². The van der Waals surface area contributed by atoms with Gasteiger partial charge in [-0.2, -0.15) is 12.6 Å². The minimum atomic E-state index is -1.72. The van der Waals surface area contributed by atoms with Crippen molar-refractivity contribution in [2.24, 2.45) is 61.0 Å². The average Bonchev–Trinajstić information content (AvgIpc) is 2.59. The number of benzene rings is 2. The van der Waals surface area contributed by atoms with Crippen LogP contribution in [0.4, 0.5) is 0 Å². The summed E-state index contributed by atoms with van der Waals surface area (Å²) in [4.78, 5) is 149. The third-order valence-corrected chi connectivity index (χ3v) is 13.9. The summed E-state index contributed by atoms with van der Waals surface area (Å²) in [5, 5.41) is 40.8. The first kappa shape index (κ1) is 72.5. The molecule has 2 aromatic carbocycles. The number of aliphatic carboxylic acids is 1. The lowest BCUT2D eigenvalue weighted by Crippen LogP contribution is -2.60. The number of hydrogen-bond acceptors (Lipinski definition) is 16. The van der Waals surface area contributed by atoms with Gasteiger partial charge in [-0.05, 0) is 74.8 Å². The number of rotatable bonds is 38. The van der Waals surface area contributed by atoms with Gasteiger partial charge in [0.1, 0.15) is 48.3 Å². The summed E-state index contributed by atoms with van der Waals surface area (Å²) >= 11 is 4.26. The van der Waals surface area contributed by atoms with Crippen LogP contribution in [0.15, 0.2) is 75.6 Å². The number of thiol groups is 1. The van der Waals surface area contributed by atoms with E-state index in [1.54, 1.807) is 74.5 Å². The minimum Gasteiger partial charge on any atom is -0.480 e. The van der Waals surface area contributed by atoms with E-state index in [-0.39, 0.29) is 114 Å². The highest BCUT2D eigenvalue weighted by molar-refractivity contribution is 7.80. The van der Waals surface area contributed by atoms with Gasteiger partial charge in [-0.15, -0.1) is 0 Å². The fourth-order valence-electron chi connectivity index (χ4n) is 9.06. The Bertz CT molecular complexity index is 2700. The van der Waals surface area contributed by atoms with Gasteiger partial charge in [0, 0.05) is 44.8 Å². The molecule has 87 heavy (non-hydrogen) atoms. The van der Waals surface area contributed by atoms with E-state index in [1.807, 2.05) is 0 Å². The van der Waals surface area contributed by atoms with Crippen LogP contribution in [-0.2, 0) is 60.8 Å². The number of nitrogens with one attached hydrogen (secondary N) is 8. The predicted molar refractivity (Wildman–Crippen MR) is 327 cm³/mol. The lowest BCUT2D eigenvalue weighted by molar-refractivity contribution is -0.142. The summed E-state index contributed by atoms with van der Waals surface area (Å²) in [5.74, 6) is -9.56. The molecule has 0 radical (unpaired) electrons. The Morgan fingerprint density at radius 1 is 0.575 bits per heavy atom. The molecule has 1 aliphatic heterocycles. The van der Waals surface area contributed by atoms with Gasteiger partial charge in [-0.25, -0.2) is 4.79 Å². The van der Waals surface area contributed by atoms with E-state index in [9.17, 15) is 58.2 Å². The molecular weight excluding hydrogens is 1150 g/mol. The van der Waals surface area contributed by atoms with Crippen LogP contribution in [0.25, 0.3) is 0 Å². The third kappa shape index (κ3) is 27.0. The summed E-state index contributed by atoms with van der Waals surface area (Å²) < 4.78 is 0. The first-order valence-corrected chi connectivity index (χ1v) is 29.1. The van der Waals surface area contributed by atoms with Gasteiger partial charge in [0.15, 0.2) is 17.9 Å². The van der Waals surface area contributed by atoms with Gasteiger partial charge in [0.05, 0.1) is 19.2 Å². The van der Waals surface area contributed by atoms with Gasteiger partial charge in [0.25, 0.3) is 0 Å². The SMILES string of the molecule is CC(C)C[C@H](NC(=O)[C@@H](Cc1ccccc1)NC(=O)[C@H](CO)NC(=O)[C@H](Cc1ccccc1)NC(=O)CNC(=O)[C@H](CS)NC(=O)[C@@H]1CCCN1C(=O)[C@H](CCCN=C(N)N)NC(=O)[C@H](N)CCCN=C(N)N)C(=O)N[C@@H](CCCN=C(N)N)C(=O)O. The number of guanidine groups is 3. The molecule has 1 aliphatic rings. The monoisotopic (exact) mass is 1240 g/mol. The second-order valence-corrected chi connectivity index (χ2v) is 21.4. The fourth-order valence-corrected chi connectivity index (χ4v) is 9.31. The van der Waals surface area contributed by atoms with Crippen LogP contribution in [0.1, 0.15) is 82.8 Å². The molecule has 3 rings (SSSR count). The normalized spacial score (nSPS) is 15.4. The van der Waals surface area contributed by atoms with Crippen molar-refractivity contribution in [3.63, 3.8) is 0 Å². The van der Waals surface area contributed by atoms with Crippen molar-refractivity contribution < 1.29 is 58.2 Å². The number of aliphatic hydroxyl groups excluding tert-OH is 1. The van der Waals surface area contributed by atoms with Gasteiger partial charge in [-0.1, -0.05) is 74.5 Å². The molecule has 32 heteroatoms. The van der Waals surface area contributed by atoms with E-state index in [1.165, 1.54) is 4.90 Å². The number of nitrogens with two attached hydrogens (primary N) is 7. The molecule has 0 bridgehead atoms. The zero-order valence-electron chi connectivity index (χ0n) is 49.0. The van der Waals surface area contributed by atoms with E-state index < -0.39 is 127 Å². The number of aliphatic hydroxyl groups is 1. The standard InChI is InChI=1S/C55H87N19O12S/c1-31(2)25-37(46(79)69-36(52(85)86)19-11-23-65-55(61)62)70-48(81)39(27-33-15-7-4-8-16-33)71-49(82)40(29-75)72-47(80)38(26-32-13-5-3-6-14-32)67-43(76)28-66-45(78)41(30-87)73-50(83)42-20-12-24-74(42)51(84)35(18-10-22-64-54(59)60)68-44(77)34(56)17-9-21-63-53(57)58/h3-8,13-16,31,34-42,75,87H,9-12,17-30,56H2,1-2H3,(H,66,78)(H,67,76)(H,68,77)(H,69,79)(H,70,81)(H,71,82)(H,72,80)(H,73,83)(H,85,86)(H4,57,58,63)(H4,59,60,64)(H4,61,62,65)/t34-,35+,36+,37+,38+,39-,40+,41+,42+/m1/s1. The first-order valence-electron chi connectivity index (χ1n) is 28.5. The molecular formula is C55H87N19O12S. The molecule has 1 fully saturated rings. The number of carbonyl (C=O) groups excluding carboxylic acids is 9. The molecule has 24 N–H and O–H groups in total. The van der Waals surface area contributed by atoms with E-state index in [2.05, 4.69) is 70.1 Å². The molecule has 9 amide bonds. The molecule has 0 saturated carbocycles. The topological polar surface area (TPSA) is 530 Å². The number of carbonyl (C=O) groups is 10. The van der Waals surface area contributed by atoms with Crippen LogP contribution in [0.3, 0.4) is 0 Å². The maximum absolute atomic E-state index is 14.2. The van der Waals surface area contributed by atoms with E-state index in [0.29, 0.717) is 24.0 Å². The number of nitrogens with zero attached hydrogens (tertiary/aromatic N) is 4. The second kappa shape index (κ2) is 38.3. The lowest BCUT2D eigenvalue weighted by atomic mass is 10.00. The average molecular weight is 1240 g/mol. The first-order chi connectivity index (χ1) is 41.3. The summed E-state index contributed by atoms with van der Waals surface area (Å²) in [7, 11) is 0. The smallest absolute Gasteiger partial charge is 0.326 e. The largest absolute Gasteiger partial charge is 0.480 e. The Hall–Kier alpha value is -8.78. The summed E-state index contributed by atoms with van der Waals surface area (Å²) in [6.45, 7) is 2.45. The number of carboxylic acids is 1. The Kier molecular flexibility index (Phi) is 31.9. The molecule has 2 aromatic rings. The zero-order chi connectivity index (χ0) is 64.6. The minimum absolute atomic E-state index is 0.0403. The highest BCUT2D eigenvalue weighted by atomic mass is 32.1. The van der Waals surface area contributed by atoms with Crippen molar-refractivity contribution in [1.82, 2.24) is 47.4 Å². The van der Waals surface area contributed by atoms with Crippen LogP contribution >= 0.6 is 12.6 Å². The highest BCUT2D eigenvalue weighted by Crippen LogP contribution is 2.21. The molecule has 0 spiro atoms. The Labute approximate surface area is 510 Å². The van der Waals surface area contributed by atoms with Crippen LogP contribution in [0, 0.1) is 5.92 Å². The molecule has 0 unspecified atom stereocenters. The number of hydrogen-bond donors (Lipinski definition) is 18. The number of likely N-dealkylation sites (tertiary alicyclic amines) is 1. The lowest BCUT2D eigenvalue weighted by Gasteiger charge is -2.30. The Balaban J connectivity index is 1.75. The van der Waals surface area contributed by atoms with E-state index in [4.69, 9.17) is 40.1 Å². The van der Waals surface area contributed by atoms with Crippen molar-refractivity contribution in [1.29, 1.82) is 0 Å². The van der Waals surface area contributed by atoms with Gasteiger partial charge >= 0.3 is 5.97 Å². The summed E-state index contributed by atoms with van der Waals surface area (Å²) in [6.07, 6.45) is 1.46. The zero-order valence-corrected chi connectivity index (χ0v) is 49.9. The van der Waals surface area contributed by atoms with E-state index in [0.717, 1.165) is 0 Å². The maximum atomic E-state index is 14.2. The quantitative estimate of drug-likeness (QED) is 0.0129. The van der Waals surface area contributed by atoms with Gasteiger partial charge in [-0.3, -0.25) is 58.1 Å². The van der Waals surface area contributed by atoms with Gasteiger partial charge < -0.3 is 97.8 Å². The van der Waals surface area contributed by atoms with Crippen molar-refractivity contribution in [2.45, 2.75) is 139 Å². The summed E-state index contributed by atoms with van der Waals surface area (Å²) in [6, 6.07) is 5.14. The number of amides is 9. The molecule has 1 saturated heterocycles. The predicted octanol–water partition coefficient (Wildman–Crippen LogP) is -5.49. The molecule has 0 aromatic heterocycles. The molecule has 9 atom stereocenters. The van der Waals surface area contributed by atoms with Crippen molar-refractivity contribution in [2.75, 3.05) is 45.1 Å². The maximum Gasteiger partial charge on any atom is 0.326 e. The Morgan fingerprint density at radius 2 is 1.02 bits per heavy atom. The summed E-state index contributed by atoms with van der Waals surface area (Å²) in [5.41, 5.74) is 39.7. The number of carboxylic acid groups (broad SMARTS) is 1. The number of aliphatic imine (C=N–C) groups is 3. The van der Waals surface area contributed by atoms with Crippen LogP contribution in [0.2, 0.25) is 0 Å². The van der Waals surface area contributed by atoms with Crippen LogP contribution in [0.5, 0.6) is 0 Å². The van der Waals surface area contributed by atoms with Crippen LogP contribution in [-0.4, -0.2) is 192 Å². The highest BCUT2D eigenvalue weighted by Gasteiger charge is 2.40.